The number of nitrogens with one attached hydrogen (secondary N) is 1. The Bertz CT molecular complexity index is 923. The first kappa shape index (κ1) is 22.1. The van der Waals surface area contributed by atoms with E-state index in [1.165, 1.54) is 0 Å². The van der Waals surface area contributed by atoms with E-state index in [4.69, 9.17) is 34.8 Å². The maximum Gasteiger partial charge on any atom is 0.247 e. The van der Waals surface area contributed by atoms with E-state index in [1.54, 1.807) is 12.1 Å². The molecule has 29 heavy (non-hydrogen) atoms. The molecule has 0 radical (unpaired) electrons. The fourth-order valence-electron chi connectivity index (χ4n) is 3.49. The molecule has 1 amide bonds. The predicted octanol–water partition coefficient (Wildman–Crippen LogP) is 7.22. The smallest absolute Gasteiger partial charge is 0.247 e. The van der Waals surface area contributed by atoms with Crippen molar-refractivity contribution in [1.29, 1.82) is 0 Å². The number of benzene rings is 2. The first-order valence-corrected chi connectivity index (χ1v) is 10.4. The normalized spacial score (nSPS) is 17.0. The molecule has 154 valence electrons. The van der Waals surface area contributed by atoms with Crippen molar-refractivity contribution in [3.8, 4) is 0 Å². The number of hydrogen-bond donors (Lipinski definition) is 1. The number of halogens is 5. The third-order valence-corrected chi connectivity index (χ3v) is 6.23. The summed E-state index contributed by atoms with van der Waals surface area (Å²) in [5, 5.41) is 3.90. The van der Waals surface area contributed by atoms with Crippen molar-refractivity contribution in [2.45, 2.75) is 44.6 Å². The molecule has 2 atom stereocenters. The highest BCUT2D eigenvalue weighted by atomic mass is 35.5. The summed E-state index contributed by atoms with van der Waals surface area (Å²) in [6, 6.07) is 9.39. The molecule has 2 aromatic carbocycles. The van der Waals surface area contributed by atoms with Gasteiger partial charge in [-0.15, -0.1) is 0 Å². The number of carbonyl (C=O) groups excluding carboxylic acids is 1. The highest BCUT2D eigenvalue weighted by Crippen LogP contribution is 2.35. The maximum absolute atomic E-state index is 12.4. The van der Waals surface area contributed by atoms with Gasteiger partial charge in [0.25, 0.3) is 0 Å². The summed E-state index contributed by atoms with van der Waals surface area (Å²) in [4.78, 5) is 11.6. The third kappa shape index (κ3) is 5.50. The van der Waals surface area contributed by atoms with Crippen LogP contribution >= 0.6 is 34.8 Å². The van der Waals surface area contributed by atoms with Crippen molar-refractivity contribution in [2.24, 2.45) is 0 Å². The van der Waals surface area contributed by atoms with Crippen LogP contribution in [0.2, 0.25) is 15.1 Å². The Kier molecular flexibility index (Phi) is 7.20. The van der Waals surface area contributed by atoms with Crippen molar-refractivity contribution in [3.05, 3.63) is 73.7 Å². The molecule has 2 nitrogen and oxygen atoms in total. The molecule has 0 heterocycles. The van der Waals surface area contributed by atoms with Gasteiger partial charge in [0.2, 0.25) is 12.3 Å². The number of alkyl halides is 2. The summed E-state index contributed by atoms with van der Waals surface area (Å²) < 4.78 is 24.7. The van der Waals surface area contributed by atoms with Crippen LogP contribution < -0.4 is 5.32 Å². The summed E-state index contributed by atoms with van der Waals surface area (Å²) >= 11 is 18.2. The van der Waals surface area contributed by atoms with Gasteiger partial charge < -0.3 is 5.32 Å². The maximum atomic E-state index is 12.4. The van der Waals surface area contributed by atoms with Crippen LogP contribution in [0, 0.1) is 0 Å². The Labute approximate surface area is 183 Å². The third-order valence-electron chi connectivity index (χ3n) is 5.03. The molecule has 2 unspecified atom stereocenters. The molecule has 1 N–H and O–H groups in total. The largest absolute Gasteiger partial charge is 0.349 e. The van der Waals surface area contributed by atoms with Gasteiger partial charge in [0.1, 0.15) is 0 Å². The average molecular weight is 459 g/mol. The van der Waals surface area contributed by atoms with E-state index in [0.717, 1.165) is 35.1 Å². The molecular weight excluding hydrogens is 439 g/mol. The van der Waals surface area contributed by atoms with Gasteiger partial charge in [0.15, 0.2) is 0 Å². The fraction of sp³-hybridized carbons (Fsp3) is 0.318. The number of allylic oxidation sites excluding steroid dienone is 1. The molecule has 0 fully saturated rings. The van der Waals surface area contributed by atoms with E-state index >= 15 is 0 Å². The molecule has 2 aromatic rings. The molecule has 1 aliphatic carbocycles. The first-order valence-electron chi connectivity index (χ1n) is 9.27. The van der Waals surface area contributed by atoms with Crippen molar-refractivity contribution in [3.63, 3.8) is 0 Å². The van der Waals surface area contributed by atoms with Gasteiger partial charge in [-0.05, 0) is 53.1 Å². The van der Waals surface area contributed by atoms with E-state index < -0.39 is 18.8 Å². The summed E-state index contributed by atoms with van der Waals surface area (Å²) in [7, 11) is 0. The Morgan fingerprint density at radius 1 is 1.21 bits per heavy atom. The SMILES string of the molecule is CC(/C=C/c1ccc2c(c1)CCC2NC(=O)CC(F)F)c1cc(Cl)c(Cl)c(Cl)c1. The standard InChI is InChI=1S/C22H20Cl3F2NO/c1-12(15-9-17(23)22(25)18(24)10-15)2-3-13-4-6-16-14(8-13)5-7-19(16)28-21(29)11-20(26)27/h2-4,6,8-10,12,19-20H,5,7,11H2,1H3,(H,28,29)/b3-2+. The van der Waals surface area contributed by atoms with Gasteiger partial charge in [-0.1, -0.05) is 72.1 Å². The second-order valence-corrected chi connectivity index (χ2v) is 8.35. The predicted molar refractivity (Wildman–Crippen MR) is 115 cm³/mol. The van der Waals surface area contributed by atoms with Gasteiger partial charge in [0, 0.05) is 0 Å². The van der Waals surface area contributed by atoms with Gasteiger partial charge in [-0.25, -0.2) is 8.78 Å². The topological polar surface area (TPSA) is 29.1 Å². The Balaban J connectivity index is 1.70. The summed E-state index contributed by atoms with van der Waals surface area (Å²) in [6.45, 7) is 2.04. The molecule has 0 saturated heterocycles. The Morgan fingerprint density at radius 3 is 2.55 bits per heavy atom. The van der Waals surface area contributed by atoms with Crippen LogP contribution in [-0.2, 0) is 11.2 Å². The van der Waals surface area contributed by atoms with Crippen molar-refractivity contribution < 1.29 is 13.6 Å². The molecule has 3 rings (SSSR count). The molecule has 0 saturated carbocycles. The minimum atomic E-state index is -2.63. The van der Waals surface area contributed by atoms with Crippen molar-refractivity contribution in [1.82, 2.24) is 5.32 Å². The number of aryl methyl sites for hydroxylation is 1. The number of amides is 1. The monoisotopic (exact) mass is 457 g/mol. The lowest BCUT2D eigenvalue weighted by Gasteiger charge is -2.14. The molecular formula is C22H20Cl3F2NO. The Hall–Kier alpha value is -1.62. The first-order chi connectivity index (χ1) is 13.7. The quantitative estimate of drug-likeness (QED) is 0.455. The lowest BCUT2D eigenvalue weighted by atomic mass is 9.98. The lowest BCUT2D eigenvalue weighted by molar-refractivity contribution is -0.124. The Morgan fingerprint density at radius 2 is 1.90 bits per heavy atom. The van der Waals surface area contributed by atoms with Crippen LogP contribution in [0.5, 0.6) is 0 Å². The van der Waals surface area contributed by atoms with E-state index in [0.29, 0.717) is 15.1 Å². The van der Waals surface area contributed by atoms with Gasteiger partial charge in [-0.2, -0.15) is 0 Å². The highest BCUT2D eigenvalue weighted by Gasteiger charge is 2.24. The average Bonchev–Trinajstić information content (AvgIpc) is 3.05. The lowest BCUT2D eigenvalue weighted by Crippen LogP contribution is -2.28. The van der Waals surface area contributed by atoms with Crippen LogP contribution in [0.3, 0.4) is 0 Å². The van der Waals surface area contributed by atoms with Crippen LogP contribution in [0.4, 0.5) is 8.78 Å². The number of fused-ring (bicyclic) bond motifs is 1. The number of rotatable bonds is 6. The molecule has 0 aromatic heterocycles. The van der Waals surface area contributed by atoms with Gasteiger partial charge in [-0.3, -0.25) is 4.79 Å². The molecule has 0 spiro atoms. The minimum absolute atomic E-state index is 0.0805. The zero-order valence-electron chi connectivity index (χ0n) is 15.7. The summed E-state index contributed by atoms with van der Waals surface area (Å²) in [5.41, 5.74) is 4.11. The van der Waals surface area contributed by atoms with Crippen molar-refractivity contribution >= 4 is 46.8 Å². The zero-order chi connectivity index (χ0) is 21.1. The van der Waals surface area contributed by atoms with E-state index in [1.807, 2.05) is 25.1 Å². The van der Waals surface area contributed by atoms with E-state index in [2.05, 4.69) is 17.5 Å². The van der Waals surface area contributed by atoms with E-state index in [-0.39, 0.29) is 12.0 Å². The number of carbonyl (C=O) groups is 1. The second-order valence-electron chi connectivity index (χ2n) is 7.16. The van der Waals surface area contributed by atoms with Crippen molar-refractivity contribution in [2.75, 3.05) is 0 Å². The van der Waals surface area contributed by atoms with Crippen LogP contribution in [-0.4, -0.2) is 12.3 Å². The van der Waals surface area contributed by atoms with Crippen LogP contribution in [0.15, 0.2) is 36.4 Å². The molecule has 7 heteroatoms. The molecule has 1 aliphatic rings. The summed E-state index contributed by atoms with van der Waals surface area (Å²) in [6.07, 6.45) is 2.20. The van der Waals surface area contributed by atoms with E-state index in [9.17, 15) is 13.6 Å². The summed E-state index contributed by atoms with van der Waals surface area (Å²) in [5.74, 6) is -0.534. The van der Waals surface area contributed by atoms with Gasteiger partial charge in [0.05, 0.1) is 27.5 Å². The molecule has 0 aliphatic heterocycles. The zero-order valence-corrected chi connectivity index (χ0v) is 18.0. The van der Waals surface area contributed by atoms with Crippen LogP contribution in [0.25, 0.3) is 6.08 Å². The fourth-order valence-corrected chi connectivity index (χ4v) is 4.10. The number of hydrogen-bond acceptors (Lipinski definition) is 1. The highest BCUT2D eigenvalue weighted by molar-refractivity contribution is 6.48. The van der Waals surface area contributed by atoms with Crippen LogP contribution in [0.1, 0.15) is 54.0 Å². The molecule has 0 bridgehead atoms. The van der Waals surface area contributed by atoms with Gasteiger partial charge >= 0.3 is 0 Å². The second kappa shape index (κ2) is 9.46. The minimum Gasteiger partial charge on any atom is -0.349 e.